The van der Waals surface area contributed by atoms with Gasteiger partial charge in [0.2, 0.25) is 11.9 Å². The smallest absolute Gasteiger partial charge is 0.308 e. The van der Waals surface area contributed by atoms with Gasteiger partial charge in [-0.05, 0) is 37.6 Å². The Bertz CT molecular complexity index is 1050. The molecule has 0 atom stereocenters. The Kier molecular flexibility index (Phi) is 5.54. The Morgan fingerprint density at radius 1 is 1.11 bits per heavy atom. The molecule has 0 saturated carbocycles. The van der Waals surface area contributed by atoms with Crippen LogP contribution in [0.15, 0.2) is 42.6 Å². The Hall–Kier alpha value is -3.48. The third-order valence-electron chi connectivity index (χ3n) is 3.85. The first kappa shape index (κ1) is 19.3. The summed E-state index contributed by atoms with van der Waals surface area (Å²) in [6.45, 7) is 6.81. The van der Waals surface area contributed by atoms with Crippen LogP contribution in [-0.4, -0.2) is 27.9 Å². The molecule has 1 heterocycles. The molecule has 7 nitrogen and oxygen atoms in total. The molecule has 0 radical (unpaired) electrons. The van der Waals surface area contributed by atoms with Crippen LogP contribution in [0, 0.1) is 0 Å². The molecule has 0 spiro atoms. The molecule has 0 fully saturated rings. The van der Waals surface area contributed by atoms with Crippen molar-refractivity contribution in [3.05, 3.63) is 42.6 Å². The number of aromatic nitrogens is 2. The van der Waals surface area contributed by atoms with Gasteiger partial charge in [0.1, 0.15) is 5.75 Å². The van der Waals surface area contributed by atoms with E-state index in [1.165, 1.54) is 13.8 Å². The Labute approximate surface area is 163 Å². The fourth-order valence-electron chi connectivity index (χ4n) is 2.82. The Morgan fingerprint density at radius 3 is 2.57 bits per heavy atom. The average molecular weight is 378 g/mol. The van der Waals surface area contributed by atoms with Gasteiger partial charge < -0.3 is 15.4 Å². The van der Waals surface area contributed by atoms with Gasteiger partial charge in [-0.3, -0.25) is 9.59 Å². The van der Waals surface area contributed by atoms with Crippen molar-refractivity contribution in [2.75, 3.05) is 10.6 Å². The van der Waals surface area contributed by atoms with E-state index in [1.54, 1.807) is 18.3 Å². The summed E-state index contributed by atoms with van der Waals surface area (Å²) in [6, 6.07) is 11.1. The fraction of sp³-hybridized carbons (Fsp3) is 0.238. The van der Waals surface area contributed by atoms with Crippen LogP contribution in [0.4, 0.5) is 11.6 Å². The first-order valence-electron chi connectivity index (χ1n) is 8.95. The van der Waals surface area contributed by atoms with Gasteiger partial charge in [-0.25, -0.2) is 9.97 Å². The molecule has 0 aliphatic carbocycles. The van der Waals surface area contributed by atoms with Crippen LogP contribution in [0.25, 0.3) is 22.0 Å². The van der Waals surface area contributed by atoms with E-state index in [9.17, 15) is 9.59 Å². The Balaban J connectivity index is 2.12. The van der Waals surface area contributed by atoms with E-state index < -0.39 is 5.97 Å². The lowest BCUT2D eigenvalue weighted by Crippen LogP contribution is -2.12. The minimum atomic E-state index is -0.423. The van der Waals surface area contributed by atoms with E-state index in [0.29, 0.717) is 28.5 Å². The largest absolute Gasteiger partial charge is 0.426 e. The number of esters is 1. The molecular weight excluding hydrogens is 356 g/mol. The van der Waals surface area contributed by atoms with Crippen molar-refractivity contribution in [2.24, 2.45) is 0 Å². The number of hydrogen-bond donors (Lipinski definition) is 2. The first-order chi connectivity index (χ1) is 13.3. The number of carbonyl (C=O) groups excluding carboxylic acids is 2. The Morgan fingerprint density at radius 2 is 1.89 bits per heavy atom. The number of carbonyl (C=O) groups is 2. The van der Waals surface area contributed by atoms with Gasteiger partial charge in [-0.15, -0.1) is 0 Å². The number of hydrogen-bond acceptors (Lipinski definition) is 6. The molecule has 7 heteroatoms. The van der Waals surface area contributed by atoms with Crippen LogP contribution >= 0.6 is 0 Å². The first-order valence-corrected chi connectivity index (χ1v) is 8.95. The van der Waals surface area contributed by atoms with Crippen molar-refractivity contribution in [1.82, 2.24) is 9.97 Å². The summed E-state index contributed by atoms with van der Waals surface area (Å²) in [6.07, 6.45) is 1.73. The van der Waals surface area contributed by atoms with E-state index in [2.05, 4.69) is 20.6 Å². The normalized spacial score (nSPS) is 10.8. The number of nitrogens with zero attached hydrogens (tertiary/aromatic N) is 2. The van der Waals surface area contributed by atoms with Gasteiger partial charge >= 0.3 is 5.97 Å². The number of anilines is 2. The average Bonchev–Trinajstić information content (AvgIpc) is 2.59. The summed E-state index contributed by atoms with van der Waals surface area (Å²) in [4.78, 5) is 31.8. The van der Waals surface area contributed by atoms with Crippen LogP contribution in [0.2, 0.25) is 0 Å². The summed E-state index contributed by atoms with van der Waals surface area (Å²) in [7, 11) is 0. The maximum atomic E-state index is 11.6. The maximum Gasteiger partial charge on any atom is 0.308 e. The molecule has 2 aromatic carbocycles. The molecule has 2 N–H and O–H groups in total. The highest BCUT2D eigenvalue weighted by Gasteiger charge is 2.13. The van der Waals surface area contributed by atoms with Crippen LogP contribution < -0.4 is 15.4 Å². The van der Waals surface area contributed by atoms with Crippen molar-refractivity contribution in [2.45, 2.75) is 33.7 Å². The summed E-state index contributed by atoms with van der Waals surface area (Å²) in [5.74, 6) is 0.327. The van der Waals surface area contributed by atoms with Crippen molar-refractivity contribution in [3.63, 3.8) is 0 Å². The minimum absolute atomic E-state index is 0.158. The second-order valence-corrected chi connectivity index (χ2v) is 6.76. The number of fused-ring (bicyclic) bond motifs is 1. The summed E-state index contributed by atoms with van der Waals surface area (Å²) in [5, 5.41) is 6.73. The van der Waals surface area contributed by atoms with Crippen molar-refractivity contribution in [3.8, 4) is 16.9 Å². The SMILES string of the molecule is CC(=O)Nc1cccc(-c2cc3cnc(NC(C)C)nc3cc2OC(C)=O)c1. The molecule has 28 heavy (non-hydrogen) atoms. The number of nitrogens with one attached hydrogen (secondary N) is 2. The maximum absolute atomic E-state index is 11.6. The van der Waals surface area contributed by atoms with Gasteiger partial charge in [0.05, 0.1) is 5.52 Å². The summed E-state index contributed by atoms with van der Waals surface area (Å²) >= 11 is 0. The summed E-state index contributed by atoms with van der Waals surface area (Å²) < 4.78 is 5.44. The van der Waals surface area contributed by atoms with Gasteiger partial charge in [0.15, 0.2) is 0 Å². The second kappa shape index (κ2) is 8.04. The monoisotopic (exact) mass is 378 g/mol. The van der Waals surface area contributed by atoms with Gasteiger partial charge in [-0.1, -0.05) is 12.1 Å². The number of benzene rings is 2. The highest BCUT2D eigenvalue weighted by atomic mass is 16.5. The molecule has 0 unspecified atom stereocenters. The predicted octanol–water partition coefficient (Wildman–Crippen LogP) is 4.00. The minimum Gasteiger partial charge on any atom is -0.426 e. The molecule has 0 aliphatic rings. The third kappa shape index (κ3) is 4.62. The third-order valence-corrected chi connectivity index (χ3v) is 3.85. The highest BCUT2D eigenvalue weighted by Crippen LogP contribution is 2.35. The quantitative estimate of drug-likeness (QED) is 0.515. The molecule has 0 saturated heterocycles. The molecular formula is C21H22N4O3. The van der Waals surface area contributed by atoms with Crippen molar-refractivity contribution < 1.29 is 14.3 Å². The zero-order chi connectivity index (χ0) is 20.3. The molecule has 144 valence electrons. The predicted molar refractivity (Wildman–Crippen MR) is 109 cm³/mol. The van der Waals surface area contributed by atoms with Crippen LogP contribution in [0.5, 0.6) is 5.75 Å². The number of rotatable bonds is 5. The van der Waals surface area contributed by atoms with E-state index in [4.69, 9.17) is 4.74 Å². The van der Waals surface area contributed by atoms with Crippen LogP contribution in [0.3, 0.4) is 0 Å². The zero-order valence-electron chi connectivity index (χ0n) is 16.2. The van der Waals surface area contributed by atoms with Crippen molar-refractivity contribution >= 4 is 34.4 Å². The van der Waals surface area contributed by atoms with Gasteiger partial charge in [-0.2, -0.15) is 0 Å². The fourth-order valence-corrected chi connectivity index (χ4v) is 2.82. The van der Waals surface area contributed by atoms with Gasteiger partial charge in [0.25, 0.3) is 0 Å². The number of ether oxygens (including phenoxy) is 1. The standard InChI is InChI=1S/C21H22N4O3/c1-12(2)23-21-22-11-16-9-18(20(28-14(4)27)10-19(16)25-21)15-6-5-7-17(8-15)24-13(3)26/h5-12H,1-4H3,(H,24,26)(H,22,23,25). The summed E-state index contributed by atoms with van der Waals surface area (Å²) in [5.41, 5.74) is 2.83. The van der Waals surface area contributed by atoms with Crippen molar-refractivity contribution in [1.29, 1.82) is 0 Å². The van der Waals surface area contributed by atoms with E-state index in [1.807, 2.05) is 38.1 Å². The number of amides is 1. The lowest BCUT2D eigenvalue weighted by molar-refractivity contribution is -0.131. The lowest BCUT2D eigenvalue weighted by atomic mass is 10.0. The zero-order valence-corrected chi connectivity index (χ0v) is 16.2. The topological polar surface area (TPSA) is 93.2 Å². The molecule has 3 aromatic rings. The van der Waals surface area contributed by atoms with E-state index in [-0.39, 0.29) is 11.9 Å². The molecule has 3 rings (SSSR count). The highest BCUT2D eigenvalue weighted by molar-refractivity contribution is 5.92. The molecule has 1 aromatic heterocycles. The van der Waals surface area contributed by atoms with E-state index in [0.717, 1.165) is 10.9 Å². The van der Waals surface area contributed by atoms with Crippen LogP contribution in [0.1, 0.15) is 27.7 Å². The second-order valence-electron chi connectivity index (χ2n) is 6.76. The van der Waals surface area contributed by atoms with Crippen LogP contribution in [-0.2, 0) is 9.59 Å². The molecule has 1 amide bonds. The molecule has 0 aliphatic heterocycles. The molecule has 0 bridgehead atoms. The lowest BCUT2D eigenvalue weighted by Gasteiger charge is -2.13. The van der Waals surface area contributed by atoms with Gasteiger partial charge in [0, 0.05) is 48.8 Å². The van der Waals surface area contributed by atoms with E-state index >= 15 is 0 Å².